The third kappa shape index (κ3) is 5.33. The van der Waals surface area contributed by atoms with Gasteiger partial charge in [0.2, 0.25) is 11.6 Å². The summed E-state index contributed by atoms with van der Waals surface area (Å²) in [6.45, 7) is -0.0622. The fourth-order valence-corrected chi connectivity index (χ4v) is 4.98. The molecular weight excluding hydrogens is 603 g/mol. The molecule has 6 aromatic rings. The molecule has 0 atom stereocenters. The topological polar surface area (TPSA) is 113 Å². The first kappa shape index (κ1) is 27.5. The number of benzene rings is 4. The van der Waals surface area contributed by atoms with Crippen LogP contribution in [0, 0.1) is 10.1 Å². The minimum atomic E-state index is -0.611. The normalized spacial score (nSPS) is 11.5. The molecule has 0 aliphatic heterocycles. The minimum Gasteiger partial charge on any atom is -0.481 e. The van der Waals surface area contributed by atoms with Gasteiger partial charge in [-0.3, -0.25) is 14.9 Å². The quantitative estimate of drug-likeness (QED) is 0.101. The lowest BCUT2D eigenvalue weighted by atomic mass is 10.2. The molecule has 42 heavy (non-hydrogen) atoms. The molecule has 0 aliphatic carbocycles. The van der Waals surface area contributed by atoms with Crippen molar-refractivity contribution in [1.82, 2.24) is 9.66 Å². The summed E-state index contributed by atoms with van der Waals surface area (Å²) in [5, 5.41) is 18.4. The molecule has 12 heteroatoms. The highest BCUT2D eigenvalue weighted by Crippen LogP contribution is 2.35. The molecule has 0 fully saturated rings. The Kier molecular flexibility index (Phi) is 7.38. The van der Waals surface area contributed by atoms with Crippen molar-refractivity contribution in [2.75, 3.05) is 0 Å². The number of furan rings is 1. The highest BCUT2D eigenvalue weighted by atomic mass is 35.5. The molecule has 0 radical (unpaired) electrons. The number of nitrogens with zero attached hydrogens (tertiary/aromatic N) is 4. The van der Waals surface area contributed by atoms with Crippen LogP contribution < -0.4 is 10.3 Å². The molecule has 9 nitrogen and oxygen atoms in total. The minimum absolute atomic E-state index is 0.0622. The highest BCUT2D eigenvalue weighted by molar-refractivity contribution is 6.32. The van der Waals surface area contributed by atoms with Crippen LogP contribution in [-0.2, 0) is 6.61 Å². The van der Waals surface area contributed by atoms with Crippen LogP contribution in [0.5, 0.6) is 5.75 Å². The van der Waals surface area contributed by atoms with E-state index in [1.54, 1.807) is 72.8 Å². The van der Waals surface area contributed by atoms with Crippen LogP contribution in [0.4, 0.5) is 5.69 Å². The van der Waals surface area contributed by atoms with Crippen LogP contribution in [0.3, 0.4) is 0 Å². The Morgan fingerprint density at radius 3 is 2.57 bits per heavy atom. The van der Waals surface area contributed by atoms with Gasteiger partial charge >= 0.3 is 5.69 Å². The average Bonchev–Trinajstić information content (AvgIpc) is 3.39. The van der Waals surface area contributed by atoms with Gasteiger partial charge in [-0.25, -0.2) is 4.98 Å². The van der Waals surface area contributed by atoms with E-state index in [1.165, 1.54) is 18.3 Å². The molecule has 0 spiro atoms. The van der Waals surface area contributed by atoms with E-state index in [2.05, 4.69) is 10.1 Å². The third-order valence-electron chi connectivity index (χ3n) is 6.35. The Morgan fingerprint density at radius 2 is 1.76 bits per heavy atom. The lowest BCUT2D eigenvalue weighted by Crippen LogP contribution is -2.20. The first-order valence-corrected chi connectivity index (χ1v) is 13.5. The molecule has 0 saturated heterocycles. The van der Waals surface area contributed by atoms with Crippen molar-refractivity contribution in [3.8, 4) is 17.3 Å². The average molecular weight is 620 g/mol. The summed E-state index contributed by atoms with van der Waals surface area (Å²) < 4.78 is 13.0. The molecular formula is C30H17Cl3N4O5. The van der Waals surface area contributed by atoms with Gasteiger partial charge in [-0.05, 0) is 48.5 Å². The van der Waals surface area contributed by atoms with Crippen molar-refractivity contribution in [2.24, 2.45) is 5.10 Å². The van der Waals surface area contributed by atoms with Crippen LogP contribution in [0.1, 0.15) is 11.1 Å². The van der Waals surface area contributed by atoms with E-state index in [-0.39, 0.29) is 40.2 Å². The number of nitro groups is 1. The summed E-state index contributed by atoms with van der Waals surface area (Å²) in [5.41, 5.74) is 0.879. The van der Waals surface area contributed by atoms with Crippen molar-refractivity contribution in [1.29, 1.82) is 0 Å². The van der Waals surface area contributed by atoms with Crippen molar-refractivity contribution in [3.63, 3.8) is 0 Å². The van der Waals surface area contributed by atoms with Crippen molar-refractivity contribution in [2.45, 2.75) is 6.61 Å². The second-order valence-electron chi connectivity index (χ2n) is 9.09. The molecule has 0 aliphatic rings. The number of hydrogen-bond acceptors (Lipinski definition) is 7. The molecule has 0 unspecified atom stereocenters. The van der Waals surface area contributed by atoms with Crippen LogP contribution >= 0.6 is 34.8 Å². The SMILES string of the molecule is O=c1c2ccccc2nc(-c2cc3cc(Cl)ccc3o2)n1N=Cc1cc(Cl)cc([N+](=O)[O-])c1OCc1ccccc1Cl. The molecule has 2 aromatic heterocycles. The largest absolute Gasteiger partial charge is 0.481 e. The second kappa shape index (κ2) is 11.3. The number of aromatic nitrogens is 2. The van der Waals surface area contributed by atoms with Gasteiger partial charge in [0.25, 0.3) is 5.56 Å². The van der Waals surface area contributed by atoms with E-state index in [0.717, 1.165) is 4.68 Å². The fourth-order valence-electron chi connectivity index (χ4n) is 4.39. The zero-order valence-corrected chi connectivity index (χ0v) is 23.6. The van der Waals surface area contributed by atoms with E-state index in [1.807, 2.05) is 0 Å². The maximum atomic E-state index is 13.7. The van der Waals surface area contributed by atoms with Crippen LogP contribution in [-0.4, -0.2) is 20.8 Å². The number of hydrogen-bond donors (Lipinski definition) is 0. The first-order chi connectivity index (χ1) is 20.3. The fraction of sp³-hybridized carbons (Fsp3) is 0.0333. The standard InChI is InChI=1S/C30H17Cl3N4O5/c31-20-9-10-26-18(11-20)13-27(42-26)29-35-24-8-4-2-6-22(24)30(38)36(29)34-15-19-12-21(32)14-25(37(39)40)28(19)41-16-17-5-1-3-7-23(17)33/h1-15H,16H2. The Bertz CT molecular complexity index is 2110. The van der Waals surface area contributed by atoms with Crippen molar-refractivity contribution < 1.29 is 14.1 Å². The van der Waals surface area contributed by atoms with Gasteiger partial charge in [0.05, 0.1) is 22.0 Å². The van der Waals surface area contributed by atoms with Crippen LogP contribution in [0.2, 0.25) is 15.1 Å². The van der Waals surface area contributed by atoms with E-state index in [9.17, 15) is 14.9 Å². The Balaban J connectivity index is 1.50. The Hall–Kier alpha value is -4.70. The smallest absolute Gasteiger partial charge is 0.313 e. The number of halogens is 3. The van der Waals surface area contributed by atoms with Crippen LogP contribution in [0.25, 0.3) is 33.5 Å². The van der Waals surface area contributed by atoms with E-state index in [0.29, 0.717) is 37.5 Å². The summed E-state index contributed by atoms with van der Waals surface area (Å²) in [6.07, 6.45) is 1.25. The number of para-hydroxylation sites is 1. The van der Waals surface area contributed by atoms with Crippen molar-refractivity contribution >= 4 is 68.6 Å². The predicted molar refractivity (Wildman–Crippen MR) is 163 cm³/mol. The van der Waals surface area contributed by atoms with Crippen LogP contribution in [0.15, 0.2) is 99.2 Å². The van der Waals surface area contributed by atoms with Gasteiger partial charge in [-0.15, -0.1) is 0 Å². The van der Waals surface area contributed by atoms with Gasteiger partial charge in [-0.2, -0.15) is 9.78 Å². The molecule has 0 bridgehead atoms. The predicted octanol–water partition coefficient (Wildman–Crippen LogP) is 8.14. The zero-order valence-electron chi connectivity index (χ0n) is 21.3. The van der Waals surface area contributed by atoms with Gasteiger partial charge in [-0.1, -0.05) is 65.1 Å². The third-order valence-corrected chi connectivity index (χ3v) is 7.18. The lowest BCUT2D eigenvalue weighted by molar-refractivity contribution is -0.385. The molecule has 6 rings (SSSR count). The molecule has 0 N–H and O–H groups in total. The maximum Gasteiger partial charge on any atom is 0.313 e. The molecule has 4 aromatic carbocycles. The Labute approximate surface area is 252 Å². The second-order valence-corrected chi connectivity index (χ2v) is 10.4. The summed E-state index contributed by atoms with van der Waals surface area (Å²) in [7, 11) is 0. The Morgan fingerprint density at radius 1 is 0.976 bits per heavy atom. The first-order valence-electron chi connectivity index (χ1n) is 12.4. The zero-order chi connectivity index (χ0) is 29.4. The number of ether oxygens (including phenoxy) is 1. The summed E-state index contributed by atoms with van der Waals surface area (Å²) in [5.74, 6) is 0.270. The summed E-state index contributed by atoms with van der Waals surface area (Å²) in [6, 6.07) is 23.2. The maximum absolute atomic E-state index is 13.7. The molecule has 0 saturated carbocycles. The van der Waals surface area contributed by atoms with E-state index in [4.69, 9.17) is 44.0 Å². The van der Waals surface area contributed by atoms with Crippen molar-refractivity contribution in [3.05, 3.63) is 132 Å². The highest BCUT2D eigenvalue weighted by Gasteiger charge is 2.22. The van der Waals surface area contributed by atoms with Gasteiger partial charge in [0, 0.05) is 37.6 Å². The lowest BCUT2D eigenvalue weighted by Gasteiger charge is -2.12. The van der Waals surface area contributed by atoms with E-state index < -0.39 is 10.5 Å². The number of rotatable bonds is 7. The molecule has 0 amide bonds. The van der Waals surface area contributed by atoms with Gasteiger partial charge in [0.1, 0.15) is 12.2 Å². The monoisotopic (exact) mass is 618 g/mol. The number of nitro benzene ring substituents is 1. The summed E-state index contributed by atoms with van der Waals surface area (Å²) >= 11 is 18.6. The molecule has 208 valence electrons. The van der Waals surface area contributed by atoms with E-state index >= 15 is 0 Å². The molecule has 2 heterocycles. The number of fused-ring (bicyclic) bond motifs is 2. The van der Waals surface area contributed by atoms with Gasteiger partial charge < -0.3 is 9.15 Å². The summed E-state index contributed by atoms with van der Waals surface area (Å²) in [4.78, 5) is 29.6. The van der Waals surface area contributed by atoms with Gasteiger partial charge in [0.15, 0.2) is 5.76 Å².